The van der Waals surface area contributed by atoms with Crippen molar-refractivity contribution >= 4 is 11.8 Å². The van der Waals surface area contributed by atoms with E-state index in [1.54, 1.807) is 19.2 Å². The van der Waals surface area contributed by atoms with Crippen molar-refractivity contribution in [2.45, 2.75) is 44.6 Å². The first kappa shape index (κ1) is 20.6. The summed E-state index contributed by atoms with van der Waals surface area (Å²) in [6, 6.07) is 17.1. The average molecular weight is 389 g/mol. The Kier molecular flexibility index (Phi) is 7.02. The predicted molar refractivity (Wildman–Crippen MR) is 113 cm³/mol. The zero-order chi connectivity index (χ0) is 20.6. The van der Waals surface area contributed by atoms with Gasteiger partial charge in [0, 0.05) is 24.9 Å². The third-order valence-corrected chi connectivity index (χ3v) is 5.55. The summed E-state index contributed by atoms with van der Waals surface area (Å²) >= 11 is 0. The van der Waals surface area contributed by atoms with Crippen LogP contribution in [0.3, 0.4) is 0 Å². The summed E-state index contributed by atoms with van der Waals surface area (Å²) in [5.41, 5.74) is 3.69. The van der Waals surface area contributed by atoms with Gasteiger partial charge in [0.25, 0.3) is 5.91 Å². The third-order valence-electron chi connectivity index (χ3n) is 5.55. The van der Waals surface area contributed by atoms with Crippen LogP contribution >= 0.6 is 0 Å². The Hall–Kier alpha value is -3.13. The molecule has 0 saturated heterocycles. The molecule has 0 heterocycles. The fourth-order valence-electron chi connectivity index (χ4n) is 3.81. The van der Waals surface area contributed by atoms with Gasteiger partial charge >= 0.3 is 0 Å². The van der Waals surface area contributed by atoms with Crippen molar-refractivity contribution in [2.24, 2.45) is 5.92 Å². The van der Waals surface area contributed by atoms with E-state index in [1.807, 2.05) is 36.4 Å². The number of amides is 2. The molecular weight excluding hydrogens is 362 g/mol. The predicted octanol–water partition coefficient (Wildman–Crippen LogP) is 3.84. The normalized spacial score (nSPS) is 15.2. The second kappa shape index (κ2) is 9.88. The standard InChI is InChI=1S/C24H27N3O2/c1-26-23(28)21-13-11-19(12-14-21)18-9-7-17(8-10-18)15-22(16-25)27-24(29)20-5-3-2-4-6-20/h7-14,20,22H,2-6,15H2,1H3,(H,26,28)(H,27,29)/t22-/m0/s1. The molecule has 29 heavy (non-hydrogen) atoms. The lowest BCUT2D eigenvalue weighted by molar-refractivity contribution is -0.126. The second-order valence-electron chi connectivity index (χ2n) is 7.58. The van der Waals surface area contributed by atoms with Gasteiger partial charge in [-0.3, -0.25) is 9.59 Å². The van der Waals surface area contributed by atoms with Gasteiger partial charge in [-0.05, 0) is 41.7 Å². The summed E-state index contributed by atoms with van der Waals surface area (Å²) < 4.78 is 0. The van der Waals surface area contributed by atoms with E-state index in [1.165, 1.54) is 6.42 Å². The van der Waals surface area contributed by atoms with Crippen LogP contribution in [0.25, 0.3) is 11.1 Å². The summed E-state index contributed by atoms with van der Waals surface area (Å²) in [6.45, 7) is 0. The van der Waals surface area contributed by atoms with Gasteiger partial charge in [-0.1, -0.05) is 55.7 Å². The molecule has 1 aliphatic rings. The van der Waals surface area contributed by atoms with Gasteiger partial charge < -0.3 is 10.6 Å². The third kappa shape index (κ3) is 5.45. The molecule has 0 bridgehead atoms. The lowest BCUT2D eigenvalue weighted by Gasteiger charge is -2.22. The average Bonchev–Trinajstić information content (AvgIpc) is 2.79. The maximum absolute atomic E-state index is 12.4. The Bertz CT molecular complexity index is 876. The van der Waals surface area contributed by atoms with Crippen LogP contribution in [-0.2, 0) is 11.2 Å². The van der Waals surface area contributed by atoms with E-state index >= 15 is 0 Å². The van der Waals surface area contributed by atoms with Gasteiger partial charge in [-0.25, -0.2) is 0 Å². The molecule has 1 atom stereocenters. The van der Waals surface area contributed by atoms with Gasteiger partial charge in [0.1, 0.15) is 6.04 Å². The Balaban J connectivity index is 1.61. The number of rotatable bonds is 6. The molecule has 2 N–H and O–H groups in total. The summed E-state index contributed by atoms with van der Waals surface area (Å²) in [5, 5.41) is 15.0. The minimum Gasteiger partial charge on any atom is -0.355 e. The topological polar surface area (TPSA) is 82.0 Å². The van der Waals surface area contributed by atoms with Crippen molar-refractivity contribution in [2.75, 3.05) is 7.05 Å². The molecule has 3 rings (SSSR count). The molecule has 0 unspecified atom stereocenters. The maximum atomic E-state index is 12.4. The number of nitriles is 1. The molecule has 2 aromatic carbocycles. The van der Waals surface area contributed by atoms with Crippen LogP contribution in [0.1, 0.15) is 48.0 Å². The van der Waals surface area contributed by atoms with Crippen LogP contribution in [0.5, 0.6) is 0 Å². The van der Waals surface area contributed by atoms with Crippen LogP contribution < -0.4 is 10.6 Å². The first-order valence-corrected chi connectivity index (χ1v) is 10.2. The highest BCUT2D eigenvalue weighted by Gasteiger charge is 2.23. The van der Waals surface area contributed by atoms with Crippen LogP contribution in [-0.4, -0.2) is 24.9 Å². The van der Waals surface area contributed by atoms with Crippen LogP contribution in [0, 0.1) is 17.2 Å². The highest BCUT2D eigenvalue weighted by atomic mass is 16.2. The number of carbonyl (C=O) groups excluding carboxylic acids is 2. The molecule has 0 aliphatic heterocycles. The summed E-state index contributed by atoms with van der Waals surface area (Å²) in [6.07, 6.45) is 5.74. The van der Waals surface area contributed by atoms with Crippen molar-refractivity contribution < 1.29 is 9.59 Å². The molecule has 0 aromatic heterocycles. The zero-order valence-electron chi connectivity index (χ0n) is 16.8. The monoisotopic (exact) mass is 389 g/mol. The Morgan fingerprint density at radius 2 is 1.59 bits per heavy atom. The van der Waals surface area contributed by atoms with Crippen LogP contribution in [0.15, 0.2) is 48.5 Å². The van der Waals surface area contributed by atoms with E-state index in [0.29, 0.717) is 12.0 Å². The van der Waals surface area contributed by atoms with E-state index in [0.717, 1.165) is 42.4 Å². The number of nitrogens with one attached hydrogen (secondary N) is 2. The molecular formula is C24H27N3O2. The van der Waals surface area contributed by atoms with Crippen LogP contribution in [0.4, 0.5) is 0 Å². The maximum Gasteiger partial charge on any atom is 0.251 e. The number of carbonyl (C=O) groups is 2. The summed E-state index contributed by atoms with van der Waals surface area (Å²) in [7, 11) is 1.61. The van der Waals surface area contributed by atoms with Gasteiger partial charge in [-0.2, -0.15) is 5.26 Å². The molecule has 150 valence electrons. The number of hydrogen-bond acceptors (Lipinski definition) is 3. The molecule has 2 aromatic rings. The minimum atomic E-state index is -0.512. The van der Waals surface area contributed by atoms with Gasteiger partial charge in [-0.15, -0.1) is 0 Å². The molecule has 5 nitrogen and oxygen atoms in total. The molecule has 2 amide bonds. The zero-order valence-corrected chi connectivity index (χ0v) is 16.8. The molecule has 1 saturated carbocycles. The minimum absolute atomic E-state index is 0.0177. The Labute approximate surface area is 172 Å². The van der Waals surface area contributed by atoms with E-state index < -0.39 is 6.04 Å². The largest absolute Gasteiger partial charge is 0.355 e. The Morgan fingerprint density at radius 1 is 1.00 bits per heavy atom. The second-order valence-corrected chi connectivity index (χ2v) is 7.58. The lowest BCUT2D eigenvalue weighted by Crippen LogP contribution is -2.40. The fourth-order valence-corrected chi connectivity index (χ4v) is 3.81. The first-order chi connectivity index (χ1) is 14.1. The number of hydrogen-bond donors (Lipinski definition) is 2. The van der Waals surface area contributed by atoms with Gasteiger partial charge in [0.05, 0.1) is 6.07 Å². The van der Waals surface area contributed by atoms with Crippen molar-refractivity contribution in [3.05, 3.63) is 59.7 Å². The lowest BCUT2D eigenvalue weighted by atomic mass is 9.88. The van der Waals surface area contributed by atoms with Crippen molar-refractivity contribution in [3.8, 4) is 17.2 Å². The molecule has 1 aliphatic carbocycles. The highest BCUT2D eigenvalue weighted by molar-refractivity contribution is 5.94. The van der Waals surface area contributed by atoms with Crippen molar-refractivity contribution in [1.82, 2.24) is 10.6 Å². The quantitative estimate of drug-likeness (QED) is 0.787. The summed E-state index contributed by atoms with van der Waals surface area (Å²) in [5.74, 6) is -0.0338. The number of benzene rings is 2. The molecule has 0 spiro atoms. The highest BCUT2D eigenvalue weighted by Crippen LogP contribution is 2.24. The van der Waals surface area contributed by atoms with E-state index in [2.05, 4.69) is 16.7 Å². The molecule has 5 heteroatoms. The first-order valence-electron chi connectivity index (χ1n) is 10.2. The van der Waals surface area contributed by atoms with Crippen molar-refractivity contribution in [1.29, 1.82) is 5.26 Å². The van der Waals surface area contributed by atoms with E-state index in [4.69, 9.17) is 0 Å². The fraction of sp³-hybridized carbons (Fsp3) is 0.375. The Morgan fingerprint density at radius 3 is 2.14 bits per heavy atom. The van der Waals surface area contributed by atoms with Gasteiger partial charge in [0.2, 0.25) is 5.91 Å². The van der Waals surface area contributed by atoms with Crippen molar-refractivity contribution in [3.63, 3.8) is 0 Å². The SMILES string of the molecule is CNC(=O)c1ccc(-c2ccc(C[C@@H](C#N)NC(=O)C3CCCCC3)cc2)cc1. The van der Waals surface area contributed by atoms with E-state index in [-0.39, 0.29) is 17.7 Å². The van der Waals surface area contributed by atoms with Gasteiger partial charge in [0.15, 0.2) is 0 Å². The van der Waals surface area contributed by atoms with Crippen LogP contribution in [0.2, 0.25) is 0 Å². The smallest absolute Gasteiger partial charge is 0.251 e. The molecule has 1 fully saturated rings. The molecule has 0 radical (unpaired) electrons. The summed E-state index contributed by atoms with van der Waals surface area (Å²) in [4.78, 5) is 24.1. The van der Waals surface area contributed by atoms with E-state index in [9.17, 15) is 14.9 Å². The number of nitrogens with zero attached hydrogens (tertiary/aromatic N) is 1.